The number of ketones is 1. The molecule has 3 rings (SSSR count). The molecule has 6 nitrogen and oxygen atoms in total. The number of alkyl halides is 3. The summed E-state index contributed by atoms with van der Waals surface area (Å²) in [5.41, 5.74) is -0.667. The molecule has 1 aromatic heterocycles. The molecule has 2 aromatic rings. The largest absolute Gasteiger partial charge is 0.406 e. The molecule has 1 aromatic carbocycles. The van der Waals surface area contributed by atoms with Crippen molar-refractivity contribution in [2.24, 2.45) is 0 Å². The lowest BCUT2D eigenvalue weighted by molar-refractivity contribution is -0.141. The van der Waals surface area contributed by atoms with Crippen LogP contribution in [0, 0.1) is 19.7 Å². The van der Waals surface area contributed by atoms with E-state index in [0.29, 0.717) is 12.0 Å². The van der Waals surface area contributed by atoms with Gasteiger partial charge in [0.25, 0.3) is 5.91 Å². The van der Waals surface area contributed by atoms with Gasteiger partial charge in [0.2, 0.25) is 0 Å². The Morgan fingerprint density at radius 2 is 1.76 bits per heavy atom. The molecule has 10 heteroatoms. The van der Waals surface area contributed by atoms with Gasteiger partial charge in [-0.3, -0.25) is 14.5 Å². The van der Waals surface area contributed by atoms with E-state index in [1.54, 1.807) is 0 Å². The second kappa shape index (κ2) is 8.99. The van der Waals surface area contributed by atoms with Crippen LogP contribution < -0.4 is 5.32 Å². The number of Topliss-reactive ketones (excluding diaryl/α,β-unsaturated/α-hetero) is 1. The molecule has 1 aliphatic heterocycles. The summed E-state index contributed by atoms with van der Waals surface area (Å²) in [6.07, 6.45) is -2.89. The van der Waals surface area contributed by atoms with E-state index < -0.39 is 48.3 Å². The van der Waals surface area contributed by atoms with Crippen LogP contribution in [-0.4, -0.2) is 39.9 Å². The standard InChI is InChI=1S/C23H25F4N3O3/c1-4-5-10-22(16-6-8-17(24)9-7-16)20(32)29(21(33)28-22)12-19(31)18-11-14(2)30(15(18)3)13-23(25,26)27/h6-9,11H,4-5,10,12-13H2,1-3H3,(H,28,33). The van der Waals surface area contributed by atoms with Gasteiger partial charge in [-0.2, -0.15) is 13.2 Å². The van der Waals surface area contributed by atoms with Gasteiger partial charge in [-0.1, -0.05) is 31.9 Å². The van der Waals surface area contributed by atoms with Crippen LogP contribution >= 0.6 is 0 Å². The highest BCUT2D eigenvalue weighted by Crippen LogP contribution is 2.34. The highest BCUT2D eigenvalue weighted by atomic mass is 19.4. The van der Waals surface area contributed by atoms with Gasteiger partial charge in [-0.05, 0) is 44.0 Å². The summed E-state index contributed by atoms with van der Waals surface area (Å²) < 4.78 is 53.1. The Balaban J connectivity index is 1.89. The van der Waals surface area contributed by atoms with Gasteiger partial charge in [0.1, 0.15) is 17.9 Å². The lowest BCUT2D eigenvalue weighted by Crippen LogP contribution is -2.44. The van der Waals surface area contributed by atoms with E-state index in [9.17, 15) is 31.9 Å². The molecule has 0 aliphatic carbocycles. The topological polar surface area (TPSA) is 71.4 Å². The second-order valence-electron chi connectivity index (χ2n) is 8.25. The van der Waals surface area contributed by atoms with Gasteiger partial charge in [-0.25, -0.2) is 9.18 Å². The van der Waals surface area contributed by atoms with E-state index in [0.717, 1.165) is 15.9 Å². The van der Waals surface area contributed by atoms with Gasteiger partial charge < -0.3 is 9.88 Å². The molecule has 0 spiro atoms. The molecule has 1 unspecified atom stereocenters. The van der Waals surface area contributed by atoms with Gasteiger partial charge in [0.15, 0.2) is 5.78 Å². The number of aromatic nitrogens is 1. The monoisotopic (exact) mass is 467 g/mol. The highest BCUT2D eigenvalue weighted by molar-refractivity contribution is 6.11. The molecule has 2 heterocycles. The fourth-order valence-corrected chi connectivity index (χ4v) is 4.19. The quantitative estimate of drug-likeness (QED) is 0.350. The summed E-state index contributed by atoms with van der Waals surface area (Å²) in [5.74, 6) is -1.79. The van der Waals surface area contributed by atoms with Crippen LogP contribution in [0.25, 0.3) is 0 Å². The SMILES string of the molecule is CCCCC1(c2ccc(F)cc2)NC(=O)N(CC(=O)c2cc(C)n(CC(F)(F)F)c2C)C1=O. The van der Waals surface area contributed by atoms with Crippen LogP contribution in [0.4, 0.5) is 22.4 Å². The molecule has 1 atom stereocenters. The molecule has 33 heavy (non-hydrogen) atoms. The van der Waals surface area contributed by atoms with Crippen LogP contribution in [-0.2, 0) is 16.9 Å². The summed E-state index contributed by atoms with van der Waals surface area (Å²) in [6.45, 7) is 2.90. The van der Waals surface area contributed by atoms with Crippen LogP contribution in [0.3, 0.4) is 0 Å². The number of rotatable bonds is 8. The number of hydrogen-bond donors (Lipinski definition) is 1. The molecule has 0 saturated carbocycles. The number of unbranched alkanes of at least 4 members (excludes halogenated alkanes) is 1. The van der Waals surface area contributed by atoms with Crippen molar-refractivity contribution < 1.29 is 31.9 Å². The predicted octanol–water partition coefficient (Wildman–Crippen LogP) is 4.63. The minimum Gasteiger partial charge on any atom is -0.339 e. The van der Waals surface area contributed by atoms with E-state index in [1.807, 2.05) is 6.92 Å². The van der Waals surface area contributed by atoms with Crippen molar-refractivity contribution in [1.29, 1.82) is 0 Å². The van der Waals surface area contributed by atoms with Crippen molar-refractivity contribution in [3.8, 4) is 0 Å². The maximum atomic E-state index is 13.4. The lowest BCUT2D eigenvalue weighted by Gasteiger charge is -2.27. The average molecular weight is 467 g/mol. The van der Waals surface area contributed by atoms with E-state index in [2.05, 4.69) is 5.32 Å². The van der Waals surface area contributed by atoms with Gasteiger partial charge in [0.05, 0.1) is 6.54 Å². The third-order valence-corrected chi connectivity index (χ3v) is 5.93. The number of imide groups is 1. The summed E-state index contributed by atoms with van der Waals surface area (Å²) in [7, 11) is 0. The molecule has 3 amide bonds. The zero-order valence-electron chi connectivity index (χ0n) is 18.6. The average Bonchev–Trinajstić information content (AvgIpc) is 3.14. The van der Waals surface area contributed by atoms with Crippen molar-refractivity contribution in [3.05, 3.63) is 58.7 Å². The number of urea groups is 1. The van der Waals surface area contributed by atoms with Crippen LogP contribution in [0.1, 0.15) is 53.5 Å². The second-order valence-corrected chi connectivity index (χ2v) is 8.25. The molecule has 178 valence electrons. The fourth-order valence-electron chi connectivity index (χ4n) is 4.19. The Morgan fingerprint density at radius 3 is 2.33 bits per heavy atom. The van der Waals surface area contributed by atoms with Crippen molar-refractivity contribution >= 4 is 17.7 Å². The summed E-state index contributed by atoms with van der Waals surface area (Å²) in [4.78, 5) is 39.8. The van der Waals surface area contributed by atoms with E-state index in [1.165, 1.54) is 44.2 Å². The van der Waals surface area contributed by atoms with Crippen molar-refractivity contribution in [2.75, 3.05) is 6.54 Å². The Kier molecular flexibility index (Phi) is 6.67. The Morgan fingerprint density at radius 1 is 1.12 bits per heavy atom. The lowest BCUT2D eigenvalue weighted by atomic mass is 9.84. The molecule has 1 N–H and O–H groups in total. The summed E-state index contributed by atoms with van der Waals surface area (Å²) in [5, 5.41) is 2.67. The fraction of sp³-hybridized carbons (Fsp3) is 0.435. The molecule has 0 bridgehead atoms. The molecule has 1 saturated heterocycles. The maximum absolute atomic E-state index is 13.4. The number of nitrogens with one attached hydrogen (secondary N) is 1. The maximum Gasteiger partial charge on any atom is 0.406 e. The molecular weight excluding hydrogens is 442 g/mol. The summed E-state index contributed by atoms with van der Waals surface area (Å²) in [6, 6.07) is 5.75. The Hall–Kier alpha value is -3.17. The zero-order chi connectivity index (χ0) is 24.6. The number of hydrogen-bond acceptors (Lipinski definition) is 3. The number of halogens is 4. The van der Waals surface area contributed by atoms with Gasteiger partial charge in [0, 0.05) is 17.0 Å². The number of benzene rings is 1. The van der Waals surface area contributed by atoms with Crippen molar-refractivity contribution in [1.82, 2.24) is 14.8 Å². The number of amides is 3. The Bertz CT molecular complexity index is 1080. The van der Waals surface area contributed by atoms with E-state index >= 15 is 0 Å². The first kappa shape index (κ1) is 24.5. The van der Waals surface area contributed by atoms with E-state index in [-0.39, 0.29) is 23.4 Å². The molecule has 1 aliphatic rings. The number of aryl methyl sites for hydroxylation is 1. The van der Waals surface area contributed by atoms with Crippen LogP contribution in [0.15, 0.2) is 30.3 Å². The predicted molar refractivity (Wildman–Crippen MR) is 112 cm³/mol. The highest BCUT2D eigenvalue weighted by Gasteiger charge is 2.52. The summed E-state index contributed by atoms with van der Waals surface area (Å²) >= 11 is 0. The molecule has 0 radical (unpaired) electrons. The first-order chi connectivity index (χ1) is 15.4. The number of carbonyl (C=O) groups excluding carboxylic acids is 3. The Labute approximate surface area is 188 Å². The minimum absolute atomic E-state index is 0.0187. The first-order valence-corrected chi connectivity index (χ1v) is 10.6. The molecule has 1 fully saturated rings. The third kappa shape index (κ3) is 4.79. The first-order valence-electron chi connectivity index (χ1n) is 10.6. The number of carbonyl (C=O) groups is 3. The number of nitrogens with zero attached hydrogens (tertiary/aromatic N) is 2. The molecular formula is C23H25F4N3O3. The van der Waals surface area contributed by atoms with Crippen molar-refractivity contribution in [3.63, 3.8) is 0 Å². The van der Waals surface area contributed by atoms with E-state index in [4.69, 9.17) is 0 Å². The smallest absolute Gasteiger partial charge is 0.339 e. The van der Waals surface area contributed by atoms with Crippen LogP contribution in [0.5, 0.6) is 0 Å². The zero-order valence-corrected chi connectivity index (χ0v) is 18.6. The van der Waals surface area contributed by atoms with Gasteiger partial charge in [-0.15, -0.1) is 0 Å². The van der Waals surface area contributed by atoms with Gasteiger partial charge >= 0.3 is 12.2 Å². The van der Waals surface area contributed by atoms with Crippen molar-refractivity contribution in [2.45, 2.75) is 58.3 Å². The third-order valence-electron chi connectivity index (χ3n) is 5.93. The minimum atomic E-state index is -4.46. The normalized spacial score (nSPS) is 18.7. The van der Waals surface area contributed by atoms with Crippen LogP contribution in [0.2, 0.25) is 0 Å².